The highest BCUT2D eigenvalue weighted by atomic mass is 16.5. The monoisotopic (exact) mass is 408 g/mol. The summed E-state index contributed by atoms with van der Waals surface area (Å²) in [7, 11) is 0. The molecule has 3 heterocycles. The van der Waals surface area contributed by atoms with E-state index in [0.29, 0.717) is 34.3 Å². The third-order valence-electron chi connectivity index (χ3n) is 5.69. The highest BCUT2D eigenvalue weighted by molar-refractivity contribution is 6.00. The molecule has 3 aromatic rings. The van der Waals surface area contributed by atoms with Crippen molar-refractivity contribution in [2.75, 3.05) is 18.5 Å². The van der Waals surface area contributed by atoms with Crippen LogP contribution in [0.5, 0.6) is 0 Å². The van der Waals surface area contributed by atoms with Crippen molar-refractivity contribution in [1.29, 1.82) is 0 Å². The molecule has 0 saturated carbocycles. The van der Waals surface area contributed by atoms with Gasteiger partial charge in [0.2, 0.25) is 5.95 Å². The lowest BCUT2D eigenvalue weighted by Gasteiger charge is -2.36. The van der Waals surface area contributed by atoms with Crippen LogP contribution in [-0.2, 0) is 10.5 Å². The maximum absolute atomic E-state index is 13.2. The molecule has 4 N–H and O–H groups in total. The van der Waals surface area contributed by atoms with Gasteiger partial charge in [0.1, 0.15) is 0 Å². The van der Waals surface area contributed by atoms with Gasteiger partial charge in [0.15, 0.2) is 5.72 Å². The van der Waals surface area contributed by atoms with E-state index in [4.69, 9.17) is 9.84 Å². The van der Waals surface area contributed by atoms with Crippen molar-refractivity contribution in [1.82, 2.24) is 14.9 Å². The van der Waals surface area contributed by atoms with E-state index >= 15 is 0 Å². The van der Waals surface area contributed by atoms with E-state index in [1.165, 1.54) is 4.90 Å². The van der Waals surface area contributed by atoms with Crippen LogP contribution in [0.25, 0.3) is 11.0 Å². The number of hydrogen-bond acceptors (Lipinski definition) is 5. The van der Waals surface area contributed by atoms with Crippen molar-refractivity contribution in [2.24, 2.45) is 0 Å². The predicted molar refractivity (Wildman–Crippen MR) is 107 cm³/mol. The highest BCUT2D eigenvalue weighted by Gasteiger charge is 2.50. The van der Waals surface area contributed by atoms with E-state index in [2.05, 4.69) is 15.3 Å². The lowest BCUT2D eigenvalue weighted by atomic mass is 9.93. The number of carbonyl (C=O) groups is 2. The van der Waals surface area contributed by atoms with E-state index in [9.17, 15) is 14.7 Å². The summed E-state index contributed by atoms with van der Waals surface area (Å²) >= 11 is 0. The Balaban J connectivity index is 1.61. The number of rotatable bonds is 4. The summed E-state index contributed by atoms with van der Waals surface area (Å²) in [6, 6.07) is 12.1. The topological polar surface area (TPSA) is 128 Å². The zero-order valence-electron chi connectivity index (χ0n) is 16.0. The molecule has 0 spiro atoms. The van der Waals surface area contributed by atoms with Crippen molar-refractivity contribution in [3.05, 3.63) is 59.2 Å². The first-order chi connectivity index (χ1) is 14.5. The van der Waals surface area contributed by atoms with Crippen LogP contribution in [-0.4, -0.2) is 56.3 Å². The molecular weight excluding hydrogens is 388 g/mol. The molecule has 0 aliphatic carbocycles. The highest BCUT2D eigenvalue weighted by Crippen LogP contribution is 2.43. The van der Waals surface area contributed by atoms with Gasteiger partial charge in [-0.3, -0.25) is 15.0 Å². The molecule has 2 aliphatic rings. The normalized spacial score (nSPS) is 23.2. The minimum Gasteiger partial charge on any atom is -0.465 e. The number of aliphatic hydroxyl groups is 1. The standard InChI is InChI=1S/C21H20N4O5/c26-18-14-5-1-2-6-15(14)21(29,25(18)11-13-4-3-9-30-13)12-7-8-16-17(10-12)23-19(22-16)24-20(27)28/h1-2,5-8,10,13,29H,3-4,9,11H2,(H,27,28)(H2,22,23,24). The first-order valence-corrected chi connectivity index (χ1v) is 9.72. The molecule has 2 unspecified atom stereocenters. The Hall–Kier alpha value is -3.43. The average molecular weight is 408 g/mol. The van der Waals surface area contributed by atoms with Crippen molar-refractivity contribution in [3.8, 4) is 0 Å². The minimum atomic E-state index is -1.67. The Morgan fingerprint density at radius 3 is 2.93 bits per heavy atom. The maximum Gasteiger partial charge on any atom is 0.411 e. The van der Waals surface area contributed by atoms with E-state index in [0.717, 1.165) is 12.8 Å². The Kier molecular flexibility index (Phi) is 4.23. The number of amides is 2. The van der Waals surface area contributed by atoms with E-state index in [1.807, 2.05) is 0 Å². The summed E-state index contributed by atoms with van der Waals surface area (Å²) in [4.78, 5) is 32.6. The van der Waals surface area contributed by atoms with Gasteiger partial charge in [-0.25, -0.2) is 9.78 Å². The lowest BCUT2D eigenvalue weighted by molar-refractivity contribution is -0.0673. The van der Waals surface area contributed by atoms with E-state index in [1.54, 1.807) is 42.5 Å². The molecule has 30 heavy (non-hydrogen) atoms. The number of aromatic nitrogens is 2. The summed E-state index contributed by atoms with van der Waals surface area (Å²) in [5.41, 5.74) is 0.834. The van der Waals surface area contributed by atoms with Crippen molar-refractivity contribution >= 4 is 29.0 Å². The fourth-order valence-corrected chi connectivity index (χ4v) is 4.31. The third-order valence-corrected chi connectivity index (χ3v) is 5.69. The number of fused-ring (bicyclic) bond motifs is 2. The van der Waals surface area contributed by atoms with Gasteiger partial charge in [0.25, 0.3) is 5.91 Å². The van der Waals surface area contributed by atoms with Gasteiger partial charge in [-0.15, -0.1) is 0 Å². The number of carbonyl (C=O) groups excluding carboxylic acids is 1. The zero-order valence-corrected chi connectivity index (χ0v) is 16.0. The van der Waals surface area contributed by atoms with Gasteiger partial charge in [-0.05, 0) is 31.0 Å². The molecule has 1 aromatic heterocycles. The minimum absolute atomic E-state index is 0.0840. The summed E-state index contributed by atoms with van der Waals surface area (Å²) in [6.45, 7) is 0.922. The first kappa shape index (κ1) is 18.6. The van der Waals surface area contributed by atoms with Gasteiger partial charge in [0, 0.05) is 23.3 Å². The third kappa shape index (κ3) is 2.82. The van der Waals surface area contributed by atoms with Crippen LogP contribution in [0.4, 0.5) is 10.7 Å². The molecule has 2 atom stereocenters. The van der Waals surface area contributed by atoms with Crippen LogP contribution in [0, 0.1) is 0 Å². The Morgan fingerprint density at radius 1 is 1.33 bits per heavy atom. The Morgan fingerprint density at radius 2 is 2.17 bits per heavy atom. The molecule has 9 nitrogen and oxygen atoms in total. The molecule has 5 rings (SSSR count). The molecular formula is C21H20N4O5. The molecule has 1 saturated heterocycles. The van der Waals surface area contributed by atoms with Crippen LogP contribution in [0.2, 0.25) is 0 Å². The number of nitrogens with zero attached hydrogens (tertiary/aromatic N) is 2. The van der Waals surface area contributed by atoms with Crippen LogP contribution in [0.1, 0.15) is 34.3 Å². The van der Waals surface area contributed by atoms with Gasteiger partial charge >= 0.3 is 6.09 Å². The number of imidazole rings is 1. The van der Waals surface area contributed by atoms with Crippen LogP contribution in [0.3, 0.4) is 0 Å². The SMILES string of the molecule is O=C(O)Nc1nc2cc(C3(O)c4ccccc4C(=O)N3CC3CCCO3)ccc2[nH]1. The van der Waals surface area contributed by atoms with Crippen LogP contribution >= 0.6 is 0 Å². The predicted octanol–water partition coefficient (Wildman–Crippen LogP) is 2.48. The largest absolute Gasteiger partial charge is 0.465 e. The molecule has 2 aliphatic heterocycles. The number of carboxylic acid groups (broad SMARTS) is 1. The van der Waals surface area contributed by atoms with Gasteiger partial charge in [0.05, 0.1) is 23.7 Å². The quantitative estimate of drug-likeness (QED) is 0.525. The number of aromatic amines is 1. The van der Waals surface area contributed by atoms with Crippen LogP contribution in [0.15, 0.2) is 42.5 Å². The number of nitrogens with one attached hydrogen (secondary N) is 2. The van der Waals surface area contributed by atoms with Gasteiger partial charge in [-0.2, -0.15) is 0 Å². The van der Waals surface area contributed by atoms with Gasteiger partial charge < -0.3 is 19.9 Å². The second kappa shape index (κ2) is 6.82. The maximum atomic E-state index is 13.2. The smallest absolute Gasteiger partial charge is 0.411 e. The first-order valence-electron chi connectivity index (χ1n) is 9.72. The molecule has 0 bridgehead atoms. The Labute approximate surface area is 171 Å². The van der Waals surface area contributed by atoms with Crippen molar-refractivity contribution < 1.29 is 24.5 Å². The fraction of sp³-hybridized carbons (Fsp3) is 0.286. The number of H-pyrrole nitrogens is 1. The number of hydrogen-bond donors (Lipinski definition) is 4. The van der Waals surface area contributed by atoms with E-state index < -0.39 is 11.8 Å². The molecule has 2 amide bonds. The fourth-order valence-electron chi connectivity index (χ4n) is 4.31. The summed E-state index contributed by atoms with van der Waals surface area (Å²) in [6.07, 6.45) is 0.399. The molecule has 1 fully saturated rings. The zero-order chi connectivity index (χ0) is 20.9. The second-order valence-corrected chi connectivity index (χ2v) is 7.52. The summed E-state index contributed by atoms with van der Waals surface area (Å²) < 4.78 is 5.72. The second-order valence-electron chi connectivity index (χ2n) is 7.52. The molecule has 0 radical (unpaired) electrons. The van der Waals surface area contributed by atoms with E-state index in [-0.39, 0.29) is 24.5 Å². The van der Waals surface area contributed by atoms with Crippen molar-refractivity contribution in [2.45, 2.75) is 24.7 Å². The summed E-state index contributed by atoms with van der Waals surface area (Å²) in [5.74, 6) is -0.167. The van der Waals surface area contributed by atoms with Crippen LogP contribution < -0.4 is 5.32 Å². The average Bonchev–Trinajstić information content (AvgIpc) is 3.42. The molecule has 154 valence electrons. The number of ether oxygens (including phenoxy) is 1. The number of anilines is 1. The lowest BCUT2D eigenvalue weighted by Crippen LogP contribution is -2.48. The van der Waals surface area contributed by atoms with Crippen molar-refractivity contribution in [3.63, 3.8) is 0 Å². The Bertz CT molecular complexity index is 1150. The number of benzene rings is 2. The summed E-state index contributed by atoms with van der Waals surface area (Å²) in [5, 5.41) is 23.0. The molecule has 9 heteroatoms. The van der Waals surface area contributed by atoms with Gasteiger partial charge in [-0.1, -0.05) is 24.3 Å². The molecule has 2 aromatic carbocycles.